The van der Waals surface area contributed by atoms with Crippen molar-refractivity contribution in [3.63, 3.8) is 0 Å². The van der Waals surface area contributed by atoms with E-state index in [0.29, 0.717) is 12.1 Å². The largest absolute Gasteiger partial charge is 0.379 e. The van der Waals surface area contributed by atoms with Gasteiger partial charge in [-0.05, 0) is 48.9 Å². The minimum absolute atomic E-state index is 0.225. The molecule has 32 heavy (non-hydrogen) atoms. The van der Waals surface area contributed by atoms with Gasteiger partial charge >= 0.3 is 0 Å². The van der Waals surface area contributed by atoms with E-state index in [1.807, 2.05) is 49.3 Å². The van der Waals surface area contributed by atoms with E-state index < -0.39 is 0 Å². The summed E-state index contributed by atoms with van der Waals surface area (Å²) in [6.07, 6.45) is 2.54. The molecule has 0 unspecified atom stereocenters. The van der Waals surface area contributed by atoms with Crippen LogP contribution in [0, 0.1) is 0 Å². The first-order valence-corrected chi connectivity index (χ1v) is 11.0. The van der Waals surface area contributed by atoms with Crippen LogP contribution in [0.1, 0.15) is 22.3 Å². The molecule has 0 atom stereocenters. The van der Waals surface area contributed by atoms with Crippen LogP contribution in [-0.2, 0) is 9.53 Å². The lowest BCUT2D eigenvalue weighted by Crippen LogP contribution is -2.39. The van der Waals surface area contributed by atoms with Crippen LogP contribution in [0.25, 0.3) is 6.08 Å². The van der Waals surface area contributed by atoms with E-state index in [1.54, 1.807) is 30.3 Å². The van der Waals surface area contributed by atoms with Crippen molar-refractivity contribution < 1.29 is 14.3 Å². The number of rotatable bonds is 9. The summed E-state index contributed by atoms with van der Waals surface area (Å²) >= 11 is 0. The average molecular weight is 437 g/mol. The third-order valence-electron chi connectivity index (χ3n) is 5.29. The highest BCUT2D eigenvalue weighted by atomic mass is 16.5. The Labute approximate surface area is 190 Å². The molecule has 1 heterocycles. The van der Waals surface area contributed by atoms with E-state index in [1.165, 1.54) is 0 Å². The van der Waals surface area contributed by atoms with E-state index in [9.17, 15) is 9.59 Å². The molecule has 7 nitrogen and oxygen atoms in total. The number of benzene rings is 2. The van der Waals surface area contributed by atoms with Gasteiger partial charge in [-0.2, -0.15) is 0 Å². The fourth-order valence-corrected chi connectivity index (χ4v) is 3.40. The van der Waals surface area contributed by atoms with Crippen molar-refractivity contribution >= 4 is 23.6 Å². The monoisotopic (exact) mass is 436 g/mol. The number of hydrogen-bond donors (Lipinski definition) is 2. The van der Waals surface area contributed by atoms with Crippen LogP contribution in [0.15, 0.2) is 60.3 Å². The second kappa shape index (κ2) is 12.0. The van der Waals surface area contributed by atoms with E-state index in [2.05, 4.69) is 15.5 Å². The van der Waals surface area contributed by atoms with Gasteiger partial charge in [0.05, 0.1) is 13.2 Å². The van der Waals surface area contributed by atoms with Crippen molar-refractivity contribution in [2.45, 2.75) is 6.42 Å². The Morgan fingerprint density at radius 3 is 2.38 bits per heavy atom. The van der Waals surface area contributed by atoms with E-state index in [4.69, 9.17) is 4.74 Å². The van der Waals surface area contributed by atoms with Crippen molar-refractivity contribution in [1.29, 1.82) is 0 Å². The number of anilines is 1. The zero-order valence-corrected chi connectivity index (χ0v) is 18.8. The van der Waals surface area contributed by atoms with Gasteiger partial charge in [0.1, 0.15) is 5.70 Å². The Morgan fingerprint density at radius 1 is 1.03 bits per heavy atom. The van der Waals surface area contributed by atoms with Gasteiger partial charge in [-0.1, -0.05) is 30.3 Å². The first kappa shape index (κ1) is 23.5. The number of carbonyl (C=O) groups excluding carboxylic acids is 2. The molecule has 1 aliphatic heterocycles. The SMILES string of the molecule is CN(C)c1ccc(C=C(NC(=O)c2ccccc2)C(=O)NCCCN2CCOCC2)cc1. The summed E-state index contributed by atoms with van der Waals surface area (Å²) in [6.45, 7) is 4.82. The summed E-state index contributed by atoms with van der Waals surface area (Å²) in [5.74, 6) is -0.613. The van der Waals surface area contributed by atoms with Gasteiger partial charge in [-0.15, -0.1) is 0 Å². The molecule has 2 N–H and O–H groups in total. The van der Waals surface area contributed by atoms with Gasteiger partial charge in [0.15, 0.2) is 0 Å². The summed E-state index contributed by atoms with van der Waals surface area (Å²) in [7, 11) is 3.95. The standard InChI is InChI=1S/C25H32N4O3/c1-28(2)22-11-9-20(10-12-22)19-23(27-24(30)21-7-4-3-5-8-21)25(31)26-13-6-14-29-15-17-32-18-16-29/h3-5,7-12,19H,6,13-18H2,1-2H3,(H,26,31)(H,27,30). The molecule has 2 amide bonds. The first-order chi connectivity index (χ1) is 15.5. The lowest BCUT2D eigenvalue weighted by molar-refractivity contribution is -0.117. The Balaban J connectivity index is 1.66. The Hall–Kier alpha value is -3.16. The first-order valence-electron chi connectivity index (χ1n) is 11.0. The van der Waals surface area contributed by atoms with Gasteiger partial charge in [-0.3, -0.25) is 14.5 Å². The fourth-order valence-electron chi connectivity index (χ4n) is 3.40. The minimum Gasteiger partial charge on any atom is -0.379 e. The average Bonchev–Trinajstić information content (AvgIpc) is 2.82. The summed E-state index contributed by atoms with van der Waals surface area (Å²) < 4.78 is 5.36. The van der Waals surface area contributed by atoms with Gasteiger partial charge in [-0.25, -0.2) is 0 Å². The third kappa shape index (κ3) is 7.21. The smallest absolute Gasteiger partial charge is 0.267 e. The molecular formula is C25H32N4O3. The van der Waals surface area contributed by atoms with Crippen LogP contribution in [0.3, 0.4) is 0 Å². The van der Waals surface area contributed by atoms with Crippen LogP contribution in [0.4, 0.5) is 5.69 Å². The minimum atomic E-state index is -0.315. The predicted octanol–water partition coefficient (Wildman–Crippen LogP) is 2.36. The van der Waals surface area contributed by atoms with Crippen molar-refractivity contribution in [3.05, 3.63) is 71.4 Å². The van der Waals surface area contributed by atoms with Gasteiger partial charge in [0.25, 0.3) is 11.8 Å². The second-order valence-electron chi connectivity index (χ2n) is 7.93. The number of carbonyl (C=O) groups is 2. The van der Waals surface area contributed by atoms with E-state index in [-0.39, 0.29) is 17.5 Å². The summed E-state index contributed by atoms with van der Waals surface area (Å²) in [6, 6.07) is 16.7. The Kier molecular flexibility index (Phi) is 8.83. The van der Waals surface area contributed by atoms with E-state index >= 15 is 0 Å². The lowest BCUT2D eigenvalue weighted by Gasteiger charge is -2.26. The topological polar surface area (TPSA) is 73.9 Å². The normalized spacial score (nSPS) is 14.6. The number of nitrogens with zero attached hydrogens (tertiary/aromatic N) is 2. The molecule has 170 valence electrons. The van der Waals surface area contributed by atoms with Crippen LogP contribution in [-0.4, -0.2) is 70.2 Å². The van der Waals surface area contributed by atoms with Gasteiger partial charge in [0.2, 0.25) is 0 Å². The summed E-state index contributed by atoms with van der Waals surface area (Å²) in [4.78, 5) is 29.9. The maximum atomic E-state index is 12.9. The number of morpholine rings is 1. The molecular weight excluding hydrogens is 404 g/mol. The van der Waals surface area contributed by atoms with Crippen molar-refractivity contribution in [3.8, 4) is 0 Å². The Morgan fingerprint density at radius 2 is 1.72 bits per heavy atom. The highest BCUT2D eigenvalue weighted by Gasteiger charge is 2.15. The Bertz CT molecular complexity index is 905. The predicted molar refractivity (Wildman–Crippen MR) is 128 cm³/mol. The van der Waals surface area contributed by atoms with Crippen LogP contribution < -0.4 is 15.5 Å². The number of ether oxygens (including phenoxy) is 1. The molecule has 1 aliphatic rings. The quantitative estimate of drug-likeness (QED) is 0.466. The number of nitrogens with one attached hydrogen (secondary N) is 2. The van der Waals surface area contributed by atoms with E-state index in [0.717, 1.165) is 50.5 Å². The number of hydrogen-bond acceptors (Lipinski definition) is 5. The highest BCUT2D eigenvalue weighted by Crippen LogP contribution is 2.14. The molecule has 0 bridgehead atoms. The molecule has 7 heteroatoms. The molecule has 0 radical (unpaired) electrons. The lowest BCUT2D eigenvalue weighted by atomic mass is 10.1. The molecule has 2 aromatic carbocycles. The second-order valence-corrected chi connectivity index (χ2v) is 7.93. The third-order valence-corrected chi connectivity index (χ3v) is 5.29. The van der Waals surface area contributed by atoms with Crippen molar-refractivity contribution in [1.82, 2.24) is 15.5 Å². The van der Waals surface area contributed by atoms with Crippen molar-refractivity contribution in [2.24, 2.45) is 0 Å². The van der Waals surface area contributed by atoms with Crippen LogP contribution in [0.5, 0.6) is 0 Å². The molecule has 2 aromatic rings. The summed E-state index contributed by atoms with van der Waals surface area (Å²) in [5, 5.41) is 5.72. The molecule has 0 aliphatic carbocycles. The summed E-state index contributed by atoms with van der Waals surface area (Å²) in [5.41, 5.74) is 2.62. The van der Waals surface area contributed by atoms with Gasteiger partial charge < -0.3 is 20.3 Å². The molecule has 1 saturated heterocycles. The maximum absolute atomic E-state index is 12.9. The van der Waals surface area contributed by atoms with Crippen LogP contribution in [0.2, 0.25) is 0 Å². The van der Waals surface area contributed by atoms with Crippen molar-refractivity contribution in [2.75, 3.05) is 58.4 Å². The molecule has 1 fully saturated rings. The highest BCUT2D eigenvalue weighted by molar-refractivity contribution is 6.05. The van der Waals surface area contributed by atoms with Crippen LogP contribution >= 0.6 is 0 Å². The number of amides is 2. The molecule has 0 saturated carbocycles. The zero-order chi connectivity index (χ0) is 22.8. The molecule has 3 rings (SSSR count). The molecule has 0 spiro atoms. The maximum Gasteiger partial charge on any atom is 0.267 e. The van der Waals surface area contributed by atoms with Gasteiger partial charge in [0, 0.05) is 45.0 Å². The fraction of sp³-hybridized carbons (Fsp3) is 0.360. The zero-order valence-electron chi connectivity index (χ0n) is 18.8. The molecule has 0 aromatic heterocycles.